The van der Waals surface area contributed by atoms with Crippen LogP contribution in [-0.2, 0) is 4.79 Å². The van der Waals surface area contributed by atoms with Crippen molar-refractivity contribution in [2.45, 2.75) is 25.8 Å². The molecule has 1 unspecified atom stereocenters. The zero-order valence-corrected chi connectivity index (χ0v) is 17.9. The molecule has 0 bridgehead atoms. The van der Waals surface area contributed by atoms with E-state index in [0.29, 0.717) is 22.1 Å². The lowest BCUT2D eigenvalue weighted by Crippen LogP contribution is -2.15. The fourth-order valence-electron chi connectivity index (χ4n) is 3.16. The summed E-state index contributed by atoms with van der Waals surface area (Å²) >= 11 is 6.25. The van der Waals surface area contributed by atoms with Crippen molar-refractivity contribution in [3.05, 3.63) is 76.7 Å². The number of nitriles is 2. The van der Waals surface area contributed by atoms with Crippen molar-refractivity contribution >= 4 is 29.0 Å². The van der Waals surface area contributed by atoms with Gasteiger partial charge < -0.3 is 10.6 Å². The molecule has 0 fully saturated rings. The summed E-state index contributed by atoms with van der Waals surface area (Å²) in [4.78, 5) is 16.3. The first-order valence-electron chi connectivity index (χ1n) is 9.81. The van der Waals surface area contributed by atoms with E-state index in [9.17, 15) is 14.4 Å². The monoisotopic (exact) mass is 447 g/mol. The summed E-state index contributed by atoms with van der Waals surface area (Å²) < 4.78 is 13.9. The number of amides is 1. The predicted molar refractivity (Wildman–Crippen MR) is 121 cm³/mol. The molecule has 1 amide bonds. The first-order valence-corrected chi connectivity index (χ1v) is 10.2. The molecule has 0 aliphatic rings. The summed E-state index contributed by atoms with van der Waals surface area (Å²) in [5.41, 5.74) is 2.51. The Morgan fingerprint density at radius 2 is 1.94 bits per heavy atom. The molecule has 32 heavy (non-hydrogen) atoms. The maximum Gasteiger partial charge on any atom is 0.225 e. The van der Waals surface area contributed by atoms with E-state index in [1.54, 1.807) is 18.2 Å². The first-order chi connectivity index (χ1) is 15.4. The van der Waals surface area contributed by atoms with Crippen LogP contribution in [0.2, 0.25) is 5.02 Å². The molecule has 1 atom stereocenters. The number of hydrogen-bond donors (Lipinski definition) is 2. The van der Waals surface area contributed by atoms with Crippen LogP contribution in [0.4, 0.5) is 15.9 Å². The number of nitrogens with zero attached hydrogens (tertiary/aromatic N) is 3. The number of nitrogens with one attached hydrogen (secondary N) is 2. The summed E-state index contributed by atoms with van der Waals surface area (Å²) in [6.45, 7) is 1.92. The van der Waals surface area contributed by atoms with Crippen LogP contribution in [0.25, 0.3) is 11.1 Å². The number of carbonyl (C=O) groups is 1. The SMILES string of the molecule is CC(Nc1nccc(Cl)c1NC(=O)CCC#N)c1ccc(-c2cccc(F)c2C#N)cc1. The van der Waals surface area contributed by atoms with E-state index in [1.165, 1.54) is 12.3 Å². The smallest absolute Gasteiger partial charge is 0.225 e. The molecule has 8 heteroatoms. The normalized spacial score (nSPS) is 11.2. The topological polar surface area (TPSA) is 102 Å². The average Bonchev–Trinajstić information content (AvgIpc) is 2.79. The van der Waals surface area contributed by atoms with Gasteiger partial charge in [-0.1, -0.05) is 48.0 Å². The molecular formula is C24H19ClFN5O. The summed E-state index contributed by atoms with van der Waals surface area (Å²) in [7, 11) is 0. The maximum atomic E-state index is 13.9. The number of hydrogen-bond acceptors (Lipinski definition) is 5. The van der Waals surface area contributed by atoms with E-state index in [4.69, 9.17) is 16.9 Å². The van der Waals surface area contributed by atoms with Crippen LogP contribution in [0, 0.1) is 28.5 Å². The van der Waals surface area contributed by atoms with Gasteiger partial charge in [0.1, 0.15) is 17.6 Å². The Balaban J connectivity index is 1.80. The number of halogens is 2. The minimum atomic E-state index is -0.555. The minimum Gasteiger partial charge on any atom is -0.362 e. The van der Waals surface area contributed by atoms with Gasteiger partial charge in [0.25, 0.3) is 0 Å². The van der Waals surface area contributed by atoms with Gasteiger partial charge in [-0.2, -0.15) is 10.5 Å². The van der Waals surface area contributed by atoms with Crippen molar-refractivity contribution in [3.63, 3.8) is 0 Å². The van der Waals surface area contributed by atoms with Crippen molar-refractivity contribution in [3.8, 4) is 23.3 Å². The lowest BCUT2D eigenvalue weighted by Gasteiger charge is -2.19. The highest BCUT2D eigenvalue weighted by atomic mass is 35.5. The zero-order valence-electron chi connectivity index (χ0n) is 17.2. The minimum absolute atomic E-state index is 0.00586. The average molecular weight is 448 g/mol. The molecule has 0 saturated carbocycles. The van der Waals surface area contributed by atoms with Crippen LogP contribution in [0.15, 0.2) is 54.7 Å². The fourth-order valence-corrected chi connectivity index (χ4v) is 3.35. The molecule has 0 spiro atoms. The second-order valence-electron chi connectivity index (χ2n) is 6.98. The third-order valence-electron chi connectivity index (χ3n) is 4.83. The number of benzene rings is 2. The molecule has 3 rings (SSSR count). The quantitative estimate of drug-likeness (QED) is 0.474. The molecule has 1 aromatic heterocycles. The Morgan fingerprint density at radius 1 is 1.19 bits per heavy atom. The Kier molecular flexibility index (Phi) is 7.38. The van der Waals surface area contributed by atoms with Gasteiger partial charge in [-0.05, 0) is 30.2 Å². The van der Waals surface area contributed by atoms with E-state index >= 15 is 0 Å². The maximum absolute atomic E-state index is 13.9. The van der Waals surface area contributed by atoms with Crippen molar-refractivity contribution in [2.24, 2.45) is 0 Å². The lowest BCUT2D eigenvalue weighted by atomic mass is 9.97. The zero-order chi connectivity index (χ0) is 23.1. The summed E-state index contributed by atoms with van der Waals surface area (Å²) in [6.07, 6.45) is 1.69. The van der Waals surface area contributed by atoms with Gasteiger partial charge in [0.2, 0.25) is 5.91 Å². The van der Waals surface area contributed by atoms with Crippen molar-refractivity contribution in [1.29, 1.82) is 10.5 Å². The predicted octanol–water partition coefficient (Wildman–Crippen LogP) is 5.83. The highest BCUT2D eigenvalue weighted by molar-refractivity contribution is 6.34. The fraction of sp³-hybridized carbons (Fsp3) is 0.167. The molecule has 1 heterocycles. The molecule has 0 radical (unpaired) electrons. The number of pyridine rings is 1. The van der Waals surface area contributed by atoms with E-state index < -0.39 is 5.82 Å². The van der Waals surface area contributed by atoms with Gasteiger partial charge in [0.15, 0.2) is 5.82 Å². The largest absolute Gasteiger partial charge is 0.362 e. The van der Waals surface area contributed by atoms with Crippen LogP contribution in [-0.4, -0.2) is 10.9 Å². The third kappa shape index (κ3) is 5.21. The molecule has 2 N–H and O–H groups in total. The molecule has 0 aliphatic heterocycles. The summed E-state index contributed by atoms with van der Waals surface area (Å²) in [5.74, 6) is -0.485. The molecule has 3 aromatic rings. The molecule has 2 aromatic carbocycles. The number of aromatic nitrogens is 1. The molecule has 160 valence electrons. The Labute approximate surface area is 190 Å². The second-order valence-corrected chi connectivity index (χ2v) is 7.39. The molecular weight excluding hydrogens is 429 g/mol. The van der Waals surface area contributed by atoms with E-state index in [1.807, 2.05) is 43.3 Å². The van der Waals surface area contributed by atoms with Gasteiger partial charge >= 0.3 is 0 Å². The van der Waals surface area contributed by atoms with E-state index in [0.717, 1.165) is 11.1 Å². The highest BCUT2D eigenvalue weighted by Gasteiger charge is 2.16. The number of rotatable bonds is 7. The van der Waals surface area contributed by atoms with E-state index in [2.05, 4.69) is 15.6 Å². The lowest BCUT2D eigenvalue weighted by molar-refractivity contribution is -0.116. The summed E-state index contributed by atoms with van der Waals surface area (Å²) in [6, 6.07) is 17.1. The van der Waals surface area contributed by atoms with Crippen LogP contribution in [0.1, 0.15) is 36.9 Å². The molecule has 6 nitrogen and oxygen atoms in total. The summed E-state index contributed by atoms with van der Waals surface area (Å²) in [5, 5.41) is 24.2. The van der Waals surface area contributed by atoms with Crippen molar-refractivity contribution < 1.29 is 9.18 Å². The van der Waals surface area contributed by atoms with Gasteiger partial charge in [0, 0.05) is 24.6 Å². The molecule has 0 saturated heterocycles. The van der Waals surface area contributed by atoms with E-state index in [-0.39, 0.29) is 30.4 Å². The Bertz CT molecular complexity index is 1210. The van der Waals surface area contributed by atoms with Crippen LogP contribution in [0.5, 0.6) is 0 Å². The number of anilines is 2. The van der Waals surface area contributed by atoms with Gasteiger partial charge in [-0.3, -0.25) is 4.79 Å². The third-order valence-corrected chi connectivity index (χ3v) is 5.14. The van der Waals surface area contributed by atoms with Gasteiger partial charge in [-0.15, -0.1) is 0 Å². The first kappa shape index (κ1) is 22.7. The second kappa shape index (κ2) is 10.4. The van der Waals surface area contributed by atoms with Crippen LogP contribution in [0.3, 0.4) is 0 Å². The number of carbonyl (C=O) groups excluding carboxylic acids is 1. The Hall–Kier alpha value is -3.94. The van der Waals surface area contributed by atoms with Gasteiger partial charge in [0.05, 0.1) is 22.7 Å². The Morgan fingerprint density at radius 3 is 2.62 bits per heavy atom. The van der Waals surface area contributed by atoms with Crippen LogP contribution >= 0.6 is 11.6 Å². The molecule has 0 aliphatic carbocycles. The van der Waals surface area contributed by atoms with Crippen molar-refractivity contribution in [1.82, 2.24) is 4.98 Å². The van der Waals surface area contributed by atoms with Gasteiger partial charge in [-0.25, -0.2) is 9.37 Å². The van der Waals surface area contributed by atoms with Crippen LogP contribution < -0.4 is 10.6 Å². The van der Waals surface area contributed by atoms with Crippen molar-refractivity contribution in [2.75, 3.05) is 10.6 Å². The standard InChI is InChI=1S/C24H19ClFN5O/c1-15(30-24-23(20(25)11-13-29-24)31-22(32)6-3-12-27)16-7-9-17(10-8-16)18-4-2-5-21(26)19(18)14-28/h2,4-5,7-11,13,15H,3,6H2,1H3,(H,29,30)(H,31,32). The highest BCUT2D eigenvalue weighted by Crippen LogP contribution is 2.32.